The monoisotopic (exact) mass is 637 g/mol. The van der Waals surface area contributed by atoms with Gasteiger partial charge in [-0.15, -0.1) is 0 Å². The van der Waals surface area contributed by atoms with E-state index >= 15 is 0 Å². The molecule has 0 aromatic carbocycles. The fourth-order valence-electron chi connectivity index (χ4n) is 5.29. The lowest BCUT2D eigenvalue weighted by atomic mass is 9.85. The summed E-state index contributed by atoms with van der Waals surface area (Å²) in [6.07, 6.45) is -13.4. The van der Waals surface area contributed by atoms with E-state index in [1.165, 1.54) is 14.2 Å². The lowest BCUT2D eigenvalue weighted by molar-refractivity contribution is -0.300. The van der Waals surface area contributed by atoms with E-state index in [1.807, 2.05) is 0 Å². The quantitative estimate of drug-likeness (QED) is 0.178. The molecule has 7 unspecified atom stereocenters. The van der Waals surface area contributed by atoms with Crippen LogP contribution in [-0.4, -0.2) is 143 Å². The number of aliphatic hydroxyl groups excluding tert-OH is 4. The third kappa shape index (κ3) is 9.08. The van der Waals surface area contributed by atoms with Gasteiger partial charge in [-0.2, -0.15) is 0 Å². The Morgan fingerprint density at radius 3 is 1.68 bits per heavy atom. The van der Waals surface area contributed by atoms with E-state index in [1.54, 1.807) is 69.2 Å². The Labute approximate surface area is 260 Å². The molecule has 0 radical (unpaired) electrons. The number of hydrogen-bond acceptors (Lipinski definition) is 13. The molecular formula is C30H55NO13. The molecule has 0 bridgehead atoms. The number of aliphatic hydroxyl groups is 4. The zero-order chi connectivity index (χ0) is 34.0. The Kier molecular flexibility index (Phi) is 12.8. The summed E-state index contributed by atoms with van der Waals surface area (Å²) in [4.78, 5) is 25.7. The molecule has 44 heavy (non-hydrogen) atoms. The smallest absolute Gasteiger partial charge is 0.338 e. The second-order valence-electron chi connectivity index (χ2n) is 14.0. The molecule has 10 atom stereocenters. The Morgan fingerprint density at radius 1 is 0.750 bits per heavy atom. The fraction of sp³-hybridized carbons (Fsp3) is 0.933. The number of hydrogen-bond donors (Lipinski definition) is 5. The van der Waals surface area contributed by atoms with Crippen molar-refractivity contribution in [2.75, 3.05) is 27.4 Å². The number of carbonyl (C=O) groups excluding carboxylic acids is 2. The van der Waals surface area contributed by atoms with Crippen LogP contribution in [0.3, 0.4) is 0 Å². The van der Waals surface area contributed by atoms with E-state index in [9.17, 15) is 30.0 Å². The number of amides is 1. The minimum absolute atomic E-state index is 0.0529. The maximum absolute atomic E-state index is 12.9. The van der Waals surface area contributed by atoms with E-state index in [0.717, 1.165) is 0 Å². The predicted molar refractivity (Wildman–Crippen MR) is 157 cm³/mol. The summed E-state index contributed by atoms with van der Waals surface area (Å²) in [5.41, 5.74) is -4.32. The van der Waals surface area contributed by atoms with Crippen LogP contribution < -0.4 is 5.32 Å². The highest BCUT2D eigenvalue weighted by Gasteiger charge is 2.56. The summed E-state index contributed by atoms with van der Waals surface area (Å²) in [7, 11) is 2.85. The van der Waals surface area contributed by atoms with Gasteiger partial charge in [0.15, 0.2) is 12.2 Å². The molecule has 5 N–H and O–H groups in total. The van der Waals surface area contributed by atoms with Crippen molar-refractivity contribution in [3.63, 3.8) is 0 Å². The Bertz CT molecular complexity index is 965. The highest BCUT2D eigenvalue weighted by Crippen LogP contribution is 2.36. The van der Waals surface area contributed by atoms with Crippen LogP contribution in [0.4, 0.5) is 0 Å². The van der Waals surface area contributed by atoms with Gasteiger partial charge in [0, 0.05) is 14.2 Å². The molecule has 2 fully saturated rings. The average Bonchev–Trinajstić information content (AvgIpc) is 2.91. The van der Waals surface area contributed by atoms with Gasteiger partial charge in [0.25, 0.3) is 5.91 Å². The lowest BCUT2D eigenvalue weighted by Gasteiger charge is -2.49. The van der Waals surface area contributed by atoms with Crippen molar-refractivity contribution in [3.8, 4) is 0 Å². The Hall–Kier alpha value is -1.46. The number of rotatable bonds is 12. The van der Waals surface area contributed by atoms with Gasteiger partial charge in [-0.1, -0.05) is 0 Å². The maximum atomic E-state index is 12.9. The molecule has 2 rings (SSSR count). The highest BCUT2D eigenvalue weighted by atomic mass is 16.6. The number of esters is 1. The van der Waals surface area contributed by atoms with E-state index < -0.39 is 95.3 Å². The minimum Gasteiger partial charge on any atom is -0.464 e. The second kappa shape index (κ2) is 14.5. The minimum atomic E-state index is -1.56. The van der Waals surface area contributed by atoms with Crippen LogP contribution in [0.15, 0.2) is 0 Å². The van der Waals surface area contributed by atoms with E-state index in [4.69, 9.17) is 33.2 Å². The highest BCUT2D eigenvalue weighted by molar-refractivity contribution is 5.81. The molecule has 0 aromatic heterocycles. The van der Waals surface area contributed by atoms with Crippen molar-refractivity contribution in [3.05, 3.63) is 0 Å². The third-order valence-corrected chi connectivity index (χ3v) is 7.83. The number of ether oxygens (including phenoxy) is 7. The zero-order valence-electron chi connectivity index (χ0n) is 28.2. The summed E-state index contributed by atoms with van der Waals surface area (Å²) in [5, 5.41) is 46.7. The van der Waals surface area contributed by atoms with Crippen LogP contribution in [0.1, 0.15) is 69.2 Å². The number of nitrogens with one attached hydrogen (secondary N) is 1. The first-order valence-electron chi connectivity index (χ1n) is 15.0. The van der Waals surface area contributed by atoms with Crippen molar-refractivity contribution in [2.45, 2.75) is 153 Å². The van der Waals surface area contributed by atoms with Crippen LogP contribution in [0, 0.1) is 0 Å². The first-order valence-corrected chi connectivity index (χ1v) is 15.0. The molecule has 0 saturated carbocycles. The van der Waals surface area contributed by atoms with E-state index in [-0.39, 0.29) is 13.2 Å². The van der Waals surface area contributed by atoms with Crippen LogP contribution in [0.2, 0.25) is 0 Å². The molecule has 2 aliphatic heterocycles. The lowest BCUT2D eigenvalue weighted by Crippen LogP contribution is -2.68. The third-order valence-electron chi connectivity index (χ3n) is 7.83. The SMILES string of the molecule is CCOC(=O)C1OC(C(C)(C)OC)C(O)[C@@H](O)[C@@H]1OC(C)(C)COC(C)(C)C1OC(C(=O)NC)[C@@H](OC(C)(C)C)C(O)C1O. The Morgan fingerprint density at radius 2 is 1.23 bits per heavy atom. The molecule has 0 aliphatic carbocycles. The van der Waals surface area contributed by atoms with E-state index in [0.29, 0.717) is 0 Å². The molecule has 14 nitrogen and oxygen atoms in total. The van der Waals surface area contributed by atoms with Crippen LogP contribution in [0.25, 0.3) is 0 Å². The van der Waals surface area contributed by atoms with Crippen LogP contribution in [0.5, 0.6) is 0 Å². The van der Waals surface area contributed by atoms with Crippen LogP contribution >= 0.6 is 0 Å². The van der Waals surface area contributed by atoms with Gasteiger partial charge in [-0.05, 0) is 69.2 Å². The standard InChI is InChI=1S/C30H55NO13/c1-13-39-26(37)22-20(16(33)17(34)23(42-22)29(7,8)38-12)44-28(5,6)14-40-30(9,10)24-18(35)15(32)19(43-27(2,3)4)21(41-24)25(36)31-11/h15-24,32-35H,13-14H2,1-12H3,(H,31,36)/t15?,16-,17?,18?,19+,20+,21?,22?,23?,24?/m1/s1. The molecule has 2 heterocycles. The average molecular weight is 638 g/mol. The van der Waals surface area contributed by atoms with Gasteiger partial charge in [-0.25, -0.2) is 4.79 Å². The zero-order valence-corrected chi connectivity index (χ0v) is 28.2. The van der Waals surface area contributed by atoms with Gasteiger partial charge in [0.1, 0.15) is 48.8 Å². The van der Waals surface area contributed by atoms with E-state index in [2.05, 4.69) is 5.32 Å². The Balaban J connectivity index is 2.26. The normalized spacial score (nSPS) is 34.0. The van der Waals surface area contributed by atoms with Gasteiger partial charge in [0.05, 0.1) is 35.6 Å². The van der Waals surface area contributed by atoms with Gasteiger partial charge < -0.3 is 58.9 Å². The fourth-order valence-corrected chi connectivity index (χ4v) is 5.29. The molecule has 2 aliphatic rings. The van der Waals surface area contributed by atoms with Crippen molar-refractivity contribution in [1.29, 1.82) is 0 Å². The summed E-state index contributed by atoms with van der Waals surface area (Å²) < 4.78 is 40.9. The van der Waals surface area contributed by atoms with Gasteiger partial charge >= 0.3 is 5.97 Å². The number of carbonyl (C=O) groups is 2. The van der Waals surface area contributed by atoms with Gasteiger partial charge in [0.2, 0.25) is 0 Å². The summed E-state index contributed by atoms with van der Waals surface area (Å²) in [5.74, 6) is -1.32. The molecule has 0 spiro atoms. The second-order valence-corrected chi connectivity index (χ2v) is 14.0. The first-order chi connectivity index (χ1) is 20.0. The number of likely N-dealkylation sites (N-methyl/N-ethyl adjacent to an activating group) is 1. The molecule has 14 heteroatoms. The van der Waals surface area contributed by atoms with Crippen molar-refractivity contribution in [1.82, 2.24) is 5.32 Å². The summed E-state index contributed by atoms with van der Waals surface area (Å²) in [6, 6.07) is 0. The molecule has 258 valence electrons. The molecule has 1 amide bonds. The summed E-state index contributed by atoms with van der Waals surface area (Å²) in [6.45, 7) is 16.6. The largest absolute Gasteiger partial charge is 0.464 e. The molecular weight excluding hydrogens is 582 g/mol. The predicted octanol–water partition coefficient (Wildman–Crippen LogP) is -0.158. The van der Waals surface area contributed by atoms with Crippen LogP contribution in [-0.2, 0) is 42.7 Å². The topological polar surface area (TPSA) is 192 Å². The summed E-state index contributed by atoms with van der Waals surface area (Å²) >= 11 is 0. The van der Waals surface area contributed by atoms with Gasteiger partial charge in [-0.3, -0.25) is 4.79 Å². The van der Waals surface area contributed by atoms with Crippen molar-refractivity contribution >= 4 is 11.9 Å². The van der Waals surface area contributed by atoms with Crippen molar-refractivity contribution < 1.29 is 63.2 Å². The van der Waals surface area contributed by atoms with Crippen molar-refractivity contribution in [2.24, 2.45) is 0 Å². The molecule has 2 saturated heterocycles. The maximum Gasteiger partial charge on any atom is 0.338 e. The molecule has 0 aromatic rings. The first kappa shape index (κ1) is 38.7. The number of methoxy groups -OCH3 is 1.